The van der Waals surface area contributed by atoms with Gasteiger partial charge in [0.05, 0.1) is 0 Å². The second-order valence-electron chi connectivity index (χ2n) is 5.33. The Morgan fingerprint density at radius 3 is 2.95 bits per heavy atom. The van der Waals surface area contributed by atoms with Gasteiger partial charge in [-0.2, -0.15) is 0 Å². The van der Waals surface area contributed by atoms with Crippen molar-refractivity contribution in [1.29, 1.82) is 0 Å². The van der Waals surface area contributed by atoms with Crippen LogP contribution in [0, 0.1) is 11.7 Å². The third kappa shape index (κ3) is 2.67. The van der Waals surface area contributed by atoms with Crippen LogP contribution in [0.5, 0.6) is 0 Å². The molecule has 3 rings (SSSR count). The molecule has 2 saturated heterocycles. The van der Waals surface area contributed by atoms with Crippen LogP contribution in [0.15, 0.2) is 22.7 Å². The predicted molar refractivity (Wildman–Crippen MR) is 74.5 cm³/mol. The maximum atomic E-state index is 13.4. The van der Waals surface area contributed by atoms with Gasteiger partial charge in [-0.3, -0.25) is 4.79 Å². The Morgan fingerprint density at radius 2 is 2.21 bits per heavy atom. The second kappa shape index (κ2) is 5.21. The molecule has 2 unspecified atom stereocenters. The highest BCUT2D eigenvalue weighted by Gasteiger charge is 2.36. The first-order valence-corrected chi connectivity index (χ1v) is 7.41. The Hall–Kier alpha value is -0.940. The molecular weight excluding hydrogens is 311 g/mol. The summed E-state index contributed by atoms with van der Waals surface area (Å²) in [7, 11) is 0. The van der Waals surface area contributed by atoms with Crippen molar-refractivity contribution in [3.05, 3.63) is 34.1 Å². The highest BCUT2D eigenvalue weighted by atomic mass is 79.9. The van der Waals surface area contributed by atoms with E-state index >= 15 is 0 Å². The van der Waals surface area contributed by atoms with E-state index in [9.17, 15) is 9.18 Å². The molecule has 1 aromatic rings. The third-order valence-electron chi connectivity index (χ3n) is 4.00. The molecule has 0 radical (unpaired) electrons. The summed E-state index contributed by atoms with van der Waals surface area (Å²) in [6.45, 7) is 2.55. The molecule has 2 aliphatic heterocycles. The Balaban J connectivity index is 1.77. The van der Waals surface area contributed by atoms with Gasteiger partial charge in [-0.1, -0.05) is 15.9 Å². The average molecular weight is 327 g/mol. The highest BCUT2D eigenvalue weighted by molar-refractivity contribution is 9.10. The van der Waals surface area contributed by atoms with Crippen molar-refractivity contribution < 1.29 is 9.18 Å². The van der Waals surface area contributed by atoms with Crippen LogP contribution in [-0.2, 0) is 0 Å². The molecule has 19 heavy (non-hydrogen) atoms. The number of rotatable bonds is 1. The quantitative estimate of drug-likeness (QED) is 0.859. The summed E-state index contributed by atoms with van der Waals surface area (Å²) >= 11 is 3.23. The fraction of sp³-hybridized carbons (Fsp3) is 0.500. The van der Waals surface area contributed by atoms with Gasteiger partial charge < -0.3 is 10.2 Å². The van der Waals surface area contributed by atoms with E-state index in [1.165, 1.54) is 25.0 Å². The molecule has 0 aromatic heterocycles. The number of hydrogen-bond donors (Lipinski definition) is 1. The zero-order chi connectivity index (χ0) is 13.4. The molecule has 1 amide bonds. The van der Waals surface area contributed by atoms with E-state index in [1.807, 2.05) is 4.90 Å². The summed E-state index contributed by atoms with van der Waals surface area (Å²) in [6, 6.07) is 4.76. The lowest BCUT2D eigenvalue weighted by molar-refractivity contribution is 0.0785. The predicted octanol–water partition coefficient (Wildman–Crippen LogP) is 2.41. The summed E-state index contributed by atoms with van der Waals surface area (Å²) < 4.78 is 14.0. The van der Waals surface area contributed by atoms with Gasteiger partial charge in [-0.15, -0.1) is 0 Å². The van der Waals surface area contributed by atoms with Crippen LogP contribution in [0.4, 0.5) is 4.39 Å². The Labute approximate surface area is 120 Å². The number of hydrogen-bond acceptors (Lipinski definition) is 2. The van der Waals surface area contributed by atoms with E-state index in [1.54, 1.807) is 6.07 Å². The molecule has 5 heteroatoms. The van der Waals surface area contributed by atoms with E-state index in [2.05, 4.69) is 21.2 Å². The van der Waals surface area contributed by atoms with Crippen molar-refractivity contribution in [3.63, 3.8) is 0 Å². The smallest absolute Gasteiger partial charge is 0.254 e. The van der Waals surface area contributed by atoms with Crippen molar-refractivity contribution in [2.75, 3.05) is 19.6 Å². The van der Waals surface area contributed by atoms with Gasteiger partial charge in [0.15, 0.2) is 0 Å². The number of carbonyl (C=O) groups excluding carboxylic acids is 1. The summed E-state index contributed by atoms with van der Waals surface area (Å²) in [5, 5.41) is 3.46. The molecule has 2 aliphatic rings. The van der Waals surface area contributed by atoms with E-state index < -0.39 is 0 Å². The lowest BCUT2D eigenvalue weighted by Crippen LogP contribution is -2.41. The van der Waals surface area contributed by atoms with Crippen LogP contribution in [-0.4, -0.2) is 36.5 Å². The van der Waals surface area contributed by atoms with Crippen LogP contribution < -0.4 is 5.32 Å². The summed E-state index contributed by atoms with van der Waals surface area (Å²) in [5.41, 5.74) is 0.422. The van der Waals surface area contributed by atoms with Gasteiger partial charge in [0.1, 0.15) is 5.82 Å². The molecular formula is C14H16BrFN2O. The van der Waals surface area contributed by atoms with Crippen molar-refractivity contribution in [2.24, 2.45) is 5.92 Å². The maximum Gasteiger partial charge on any atom is 0.254 e. The standard InChI is InChI=1S/C14H16BrFN2O/c15-11-4-10(5-12(16)6-11)14(19)18-7-9-2-1-3-17-13(9)8-18/h4-6,9,13,17H,1-3,7-8H2. The number of nitrogens with one attached hydrogen (secondary N) is 1. The molecule has 0 bridgehead atoms. The molecule has 2 atom stereocenters. The van der Waals surface area contributed by atoms with Gasteiger partial charge in [0.2, 0.25) is 0 Å². The van der Waals surface area contributed by atoms with Crippen molar-refractivity contribution in [2.45, 2.75) is 18.9 Å². The number of fused-ring (bicyclic) bond motifs is 1. The number of piperidine rings is 1. The first kappa shape index (κ1) is 13.1. The second-order valence-corrected chi connectivity index (χ2v) is 6.25. The maximum absolute atomic E-state index is 13.4. The third-order valence-corrected chi connectivity index (χ3v) is 4.45. The minimum atomic E-state index is -0.382. The van der Waals surface area contributed by atoms with Gasteiger partial charge in [0.25, 0.3) is 5.91 Å². The zero-order valence-electron chi connectivity index (χ0n) is 10.5. The largest absolute Gasteiger partial charge is 0.337 e. The topological polar surface area (TPSA) is 32.3 Å². The lowest BCUT2D eigenvalue weighted by Gasteiger charge is -2.24. The molecule has 1 aromatic carbocycles. The number of nitrogens with zero attached hydrogens (tertiary/aromatic N) is 1. The fourth-order valence-corrected chi connectivity index (χ4v) is 3.54. The van der Waals surface area contributed by atoms with E-state index in [4.69, 9.17) is 0 Å². The molecule has 3 nitrogen and oxygen atoms in total. The molecule has 0 saturated carbocycles. The van der Waals surface area contributed by atoms with Crippen LogP contribution in [0.1, 0.15) is 23.2 Å². The van der Waals surface area contributed by atoms with Crippen LogP contribution in [0.2, 0.25) is 0 Å². The SMILES string of the molecule is O=C(c1cc(F)cc(Br)c1)N1CC2CCCNC2C1. The molecule has 2 heterocycles. The number of amides is 1. The highest BCUT2D eigenvalue weighted by Crippen LogP contribution is 2.26. The summed E-state index contributed by atoms with van der Waals surface area (Å²) in [4.78, 5) is 14.2. The van der Waals surface area contributed by atoms with Crippen molar-refractivity contribution in [1.82, 2.24) is 10.2 Å². The Kier molecular flexibility index (Phi) is 3.58. The zero-order valence-corrected chi connectivity index (χ0v) is 12.1. The molecule has 0 aliphatic carbocycles. The molecule has 1 N–H and O–H groups in total. The first-order valence-electron chi connectivity index (χ1n) is 6.62. The number of benzene rings is 1. The Bertz CT molecular complexity index is 474. The van der Waals surface area contributed by atoms with E-state index in [0.717, 1.165) is 19.6 Å². The van der Waals surface area contributed by atoms with Crippen molar-refractivity contribution in [3.8, 4) is 0 Å². The van der Waals surface area contributed by atoms with Gasteiger partial charge in [0, 0.05) is 29.2 Å². The minimum absolute atomic E-state index is 0.0728. The molecule has 2 fully saturated rings. The van der Waals surface area contributed by atoms with Gasteiger partial charge in [-0.25, -0.2) is 4.39 Å². The number of likely N-dealkylation sites (tertiary alicyclic amines) is 1. The number of carbonyl (C=O) groups is 1. The van der Waals surface area contributed by atoms with Gasteiger partial charge in [-0.05, 0) is 43.5 Å². The van der Waals surface area contributed by atoms with Gasteiger partial charge >= 0.3 is 0 Å². The number of halogens is 2. The van der Waals surface area contributed by atoms with Crippen molar-refractivity contribution >= 4 is 21.8 Å². The summed E-state index contributed by atoms with van der Waals surface area (Å²) in [5.74, 6) is 0.0959. The monoisotopic (exact) mass is 326 g/mol. The first-order chi connectivity index (χ1) is 9.13. The van der Waals surface area contributed by atoms with Crippen LogP contribution in [0.25, 0.3) is 0 Å². The molecule has 0 spiro atoms. The van der Waals surface area contributed by atoms with E-state index in [0.29, 0.717) is 22.0 Å². The summed E-state index contributed by atoms with van der Waals surface area (Å²) in [6.07, 6.45) is 2.35. The average Bonchev–Trinajstić information content (AvgIpc) is 2.80. The van der Waals surface area contributed by atoms with Crippen LogP contribution in [0.3, 0.4) is 0 Å². The fourth-order valence-electron chi connectivity index (χ4n) is 3.07. The molecule has 102 valence electrons. The minimum Gasteiger partial charge on any atom is -0.337 e. The lowest BCUT2D eigenvalue weighted by atomic mass is 9.94. The van der Waals surface area contributed by atoms with E-state index in [-0.39, 0.29) is 11.7 Å². The Morgan fingerprint density at radius 1 is 1.37 bits per heavy atom. The normalized spacial score (nSPS) is 26.3. The van der Waals surface area contributed by atoms with Crippen LogP contribution >= 0.6 is 15.9 Å².